The molecule has 0 aliphatic rings. The molecule has 3 rings (SSSR count). The molecule has 0 saturated heterocycles. The van der Waals surface area contributed by atoms with Gasteiger partial charge in [0.25, 0.3) is 5.91 Å². The topological polar surface area (TPSA) is 70.7 Å². The van der Waals surface area contributed by atoms with Crippen LogP contribution in [-0.4, -0.2) is 15.7 Å². The largest absolute Gasteiger partial charge is 0.321 e. The van der Waals surface area contributed by atoms with Crippen LogP contribution in [0.25, 0.3) is 6.08 Å². The molecule has 1 heterocycles. The Balaban J connectivity index is 1.78. The van der Waals surface area contributed by atoms with Crippen LogP contribution in [0.3, 0.4) is 0 Å². The zero-order chi connectivity index (χ0) is 20.1. The van der Waals surface area contributed by atoms with Crippen LogP contribution in [0.4, 0.5) is 5.69 Å². The number of nitriles is 1. The normalized spacial score (nSPS) is 11.1. The van der Waals surface area contributed by atoms with Crippen LogP contribution in [0.1, 0.15) is 22.3 Å². The molecule has 3 aromatic rings. The number of hydrogen-bond donors (Lipinski definition) is 1. The summed E-state index contributed by atoms with van der Waals surface area (Å²) in [5.41, 5.74) is 4.23. The second-order valence-corrected chi connectivity index (χ2v) is 6.86. The molecule has 0 atom stereocenters. The molecule has 1 aromatic heterocycles. The first-order valence-electron chi connectivity index (χ1n) is 8.73. The van der Waals surface area contributed by atoms with Crippen LogP contribution in [0.15, 0.2) is 60.4 Å². The van der Waals surface area contributed by atoms with E-state index in [1.165, 1.54) is 6.08 Å². The standard InChI is InChI=1S/C22H19ClN4O/c1-15-6-5-7-16(2)21(15)26-22(28)19(11-24)10-17-12-25-27(13-17)14-18-8-3-4-9-20(18)23/h3-10,12-13H,14H2,1-2H3,(H,26,28)/b19-10+. The van der Waals surface area contributed by atoms with E-state index in [-0.39, 0.29) is 5.57 Å². The monoisotopic (exact) mass is 390 g/mol. The number of amides is 1. The number of aryl methyl sites for hydroxylation is 2. The Morgan fingerprint density at radius 3 is 2.61 bits per heavy atom. The third-order valence-corrected chi connectivity index (χ3v) is 4.71. The molecule has 0 spiro atoms. The van der Waals surface area contributed by atoms with E-state index in [9.17, 15) is 10.1 Å². The second-order valence-electron chi connectivity index (χ2n) is 6.45. The Morgan fingerprint density at radius 2 is 1.93 bits per heavy atom. The van der Waals surface area contributed by atoms with Gasteiger partial charge in [0, 0.05) is 22.5 Å². The molecule has 0 aliphatic carbocycles. The zero-order valence-corrected chi connectivity index (χ0v) is 16.4. The fourth-order valence-electron chi connectivity index (χ4n) is 2.85. The van der Waals surface area contributed by atoms with Gasteiger partial charge in [0.15, 0.2) is 0 Å². The van der Waals surface area contributed by atoms with E-state index < -0.39 is 5.91 Å². The number of aromatic nitrogens is 2. The molecule has 5 nitrogen and oxygen atoms in total. The average Bonchev–Trinajstić information content (AvgIpc) is 3.11. The minimum Gasteiger partial charge on any atom is -0.321 e. The molecule has 0 fully saturated rings. The van der Waals surface area contributed by atoms with Crippen LogP contribution in [0, 0.1) is 25.2 Å². The lowest BCUT2D eigenvalue weighted by Gasteiger charge is -2.10. The maximum Gasteiger partial charge on any atom is 0.266 e. The van der Waals surface area contributed by atoms with E-state index in [0.29, 0.717) is 17.1 Å². The number of carbonyl (C=O) groups excluding carboxylic acids is 1. The van der Waals surface area contributed by atoms with Crippen molar-refractivity contribution in [1.82, 2.24) is 9.78 Å². The van der Waals surface area contributed by atoms with Gasteiger partial charge >= 0.3 is 0 Å². The summed E-state index contributed by atoms with van der Waals surface area (Å²) in [6, 6.07) is 15.3. The number of para-hydroxylation sites is 1. The van der Waals surface area contributed by atoms with Gasteiger partial charge in [0.05, 0.1) is 12.7 Å². The minimum absolute atomic E-state index is 0.0138. The van der Waals surface area contributed by atoms with Gasteiger partial charge in [-0.3, -0.25) is 9.48 Å². The SMILES string of the molecule is Cc1cccc(C)c1NC(=O)/C(C#N)=C/c1cnn(Cc2ccccc2Cl)c1. The number of rotatable bonds is 5. The Kier molecular flexibility index (Phi) is 5.93. The van der Waals surface area contributed by atoms with Crippen molar-refractivity contribution in [2.45, 2.75) is 20.4 Å². The Hall–Kier alpha value is -3.36. The first kappa shape index (κ1) is 19.4. The first-order chi connectivity index (χ1) is 13.5. The molecular formula is C22H19ClN4O. The van der Waals surface area contributed by atoms with E-state index in [1.807, 2.05) is 62.4 Å². The molecule has 1 amide bonds. The van der Waals surface area contributed by atoms with Crippen molar-refractivity contribution in [3.05, 3.63) is 87.7 Å². The molecule has 2 aromatic carbocycles. The summed E-state index contributed by atoms with van der Waals surface area (Å²) in [5.74, 6) is -0.446. The van der Waals surface area contributed by atoms with Gasteiger partial charge in [-0.2, -0.15) is 10.4 Å². The maximum atomic E-state index is 12.5. The highest BCUT2D eigenvalue weighted by Crippen LogP contribution is 2.21. The van der Waals surface area contributed by atoms with Crippen LogP contribution < -0.4 is 5.32 Å². The molecule has 140 valence electrons. The van der Waals surface area contributed by atoms with Crippen LogP contribution in [-0.2, 0) is 11.3 Å². The fourth-order valence-corrected chi connectivity index (χ4v) is 3.04. The highest BCUT2D eigenvalue weighted by molar-refractivity contribution is 6.31. The van der Waals surface area contributed by atoms with E-state index in [4.69, 9.17) is 11.6 Å². The van der Waals surface area contributed by atoms with Crippen LogP contribution in [0.5, 0.6) is 0 Å². The average molecular weight is 391 g/mol. The summed E-state index contributed by atoms with van der Waals surface area (Å²) in [5, 5.41) is 17.2. The summed E-state index contributed by atoms with van der Waals surface area (Å²) >= 11 is 6.18. The molecular weight excluding hydrogens is 372 g/mol. The summed E-state index contributed by atoms with van der Waals surface area (Å²) < 4.78 is 1.71. The molecule has 6 heteroatoms. The fraction of sp³-hybridized carbons (Fsp3) is 0.136. The second kappa shape index (κ2) is 8.55. The number of carbonyl (C=O) groups is 1. The molecule has 0 saturated carbocycles. The number of nitrogens with zero attached hydrogens (tertiary/aromatic N) is 3. The molecule has 0 bridgehead atoms. The first-order valence-corrected chi connectivity index (χ1v) is 9.11. The predicted molar refractivity (Wildman–Crippen MR) is 111 cm³/mol. The number of hydrogen-bond acceptors (Lipinski definition) is 3. The lowest BCUT2D eigenvalue weighted by Crippen LogP contribution is -2.15. The van der Waals surface area contributed by atoms with E-state index in [1.54, 1.807) is 17.1 Å². The van der Waals surface area contributed by atoms with Crippen molar-refractivity contribution < 1.29 is 4.79 Å². The van der Waals surface area contributed by atoms with Crippen molar-refractivity contribution in [1.29, 1.82) is 5.26 Å². The lowest BCUT2D eigenvalue weighted by molar-refractivity contribution is -0.112. The molecule has 0 unspecified atom stereocenters. The van der Waals surface area contributed by atoms with Crippen molar-refractivity contribution in [2.75, 3.05) is 5.32 Å². The third-order valence-electron chi connectivity index (χ3n) is 4.34. The smallest absolute Gasteiger partial charge is 0.266 e. The van der Waals surface area contributed by atoms with Gasteiger partial charge in [-0.15, -0.1) is 0 Å². The van der Waals surface area contributed by atoms with Crippen molar-refractivity contribution in [3.63, 3.8) is 0 Å². The van der Waals surface area contributed by atoms with Crippen molar-refractivity contribution in [2.24, 2.45) is 0 Å². The lowest BCUT2D eigenvalue weighted by atomic mass is 10.1. The third kappa shape index (κ3) is 4.48. The number of anilines is 1. The predicted octanol–water partition coefficient (Wildman–Crippen LogP) is 4.75. The summed E-state index contributed by atoms with van der Waals surface area (Å²) in [7, 11) is 0. The van der Waals surface area contributed by atoms with E-state index in [0.717, 1.165) is 22.4 Å². The number of benzene rings is 2. The van der Waals surface area contributed by atoms with Crippen molar-refractivity contribution >= 4 is 29.3 Å². The number of halogens is 1. The van der Waals surface area contributed by atoms with Crippen LogP contribution >= 0.6 is 11.6 Å². The highest BCUT2D eigenvalue weighted by atomic mass is 35.5. The Bertz CT molecular complexity index is 1070. The van der Waals surface area contributed by atoms with Gasteiger partial charge in [-0.25, -0.2) is 0 Å². The van der Waals surface area contributed by atoms with E-state index >= 15 is 0 Å². The van der Waals surface area contributed by atoms with Gasteiger partial charge in [0.2, 0.25) is 0 Å². The van der Waals surface area contributed by atoms with Gasteiger partial charge < -0.3 is 5.32 Å². The van der Waals surface area contributed by atoms with Gasteiger partial charge in [0.1, 0.15) is 11.6 Å². The highest BCUT2D eigenvalue weighted by Gasteiger charge is 2.13. The zero-order valence-electron chi connectivity index (χ0n) is 15.6. The molecule has 1 N–H and O–H groups in total. The molecule has 0 aliphatic heterocycles. The summed E-state index contributed by atoms with van der Waals surface area (Å²) in [6.07, 6.45) is 4.91. The maximum absolute atomic E-state index is 12.5. The van der Waals surface area contributed by atoms with Gasteiger partial charge in [-0.1, -0.05) is 48.0 Å². The van der Waals surface area contributed by atoms with Crippen LogP contribution in [0.2, 0.25) is 5.02 Å². The minimum atomic E-state index is -0.446. The molecule has 28 heavy (non-hydrogen) atoms. The Morgan fingerprint density at radius 1 is 1.21 bits per heavy atom. The number of nitrogens with one attached hydrogen (secondary N) is 1. The Labute approximate surface area is 168 Å². The van der Waals surface area contributed by atoms with Crippen molar-refractivity contribution in [3.8, 4) is 6.07 Å². The summed E-state index contributed by atoms with van der Waals surface area (Å²) in [4.78, 5) is 12.5. The quantitative estimate of drug-likeness (QED) is 0.505. The van der Waals surface area contributed by atoms with Gasteiger partial charge in [-0.05, 0) is 42.7 Å². The van der Waals surface area contributed by atoms with E-state index in [2.05, 4.69) is 10.4 Å². The summed E-state index contributed by atoms with van der Waals surface area (Å²) in [6.45, 7) is 4.33. The molecule has 0 radical (unpaired) electrons.